The number of aliphatic carboxylic acids is 1. The van der Waals surface area contributed by atoms with Gasteiger partial charge in [-0.1, -0.05) is 0 Å². The first-order valence-corrected chi connectivity index (χ1v) is 4.17. The molecule has 0 aliphatic rings. The highest BCUT2D eigenvalue weighted by Crippen LogP contribution is 2.17. The highest BCUT2D eigenvalue weighted by molar-refractivity contribution is 5.85. The molecule has 0 fully saturated rings. The average Bonchev–Trinajstić information content (AvgIpc) is 2.15. The molecule has 0 spiro atoms. The quantitative estimate of drug-likeness (QED) is 0.467. The van der Waals surface area contributed by atoms with Crippen LogP contribution < -0.4 is 0 Å². The number of hydrogen-bond acceptors (Lipinski definition) is 3. The summed E-state index contributed by atoms with van der Waals surface area (Å²) in [5.41, 5.74) is 1.32. The topological polar surface area (TPSA) is 80.4 Å². The zero-order valence-electron chi connectivity index (χ0n) is 8.01. The predicted molar refractivity (Wildman–Crippen MR) is 54.5 cm³/mol. The van der Waals surface area contributed by atoms with Gasteiger partial charge in [0.25, 0.3) is 5.69 Å². The van der Waals surface area contributed by atoms with Crippen LogP contribution in [0.15, 0.2) is 24.3 Å². The fourth-order valence-electron chi connectivity index (χ4n) is 1.12. The fraction of sp³-hybridized carbons (Fsp3) is 0.100. The maximum absolute atomic E-state index is 10.4. The molecule has 0 bridgehead atoms. The fourth-order valence-corrected chi connectivity index (χ4v) is 1.12. The van der Waals surface area contributed by atoms with E-state index in [1.807, 2.05) is 0 Å². The molecule has 0 heterocycles. The Kier molecular flexibility index (Phi) is 3.17. The molecule has 0 atom stereocenters. The van der Waals surface area contributed by atoms with E-state index in [-0.39, 0.29) is 5.69 Å². The Bertz CT molecular complexity index is 437. The molecule has 1 N–H and O–H groups in total. The van der Waals surface area contributed by atoms with E-state index in [9.17, 15) is 14.9 Å². The highest BCUT2D eigenvalue weighted by Gasteiger charge is 2.06. The summed E-state index contributed by atoms with van der Waals surface area (Å²) in [7, 11) is 0. The summed E-state index contributed by atoms with van der Waals surface area (Å²) < 4.78 is 0. The lowest BCUT2D eigenvalue weighted by Crippen LogP contribution is -1.91. The van der Waals surface area contributed by atoms with Crippen LogP contribution in [-0.2, 0) is 4.79 Å². The molecule has 0 saturated heterocycles. The van der Waals surface area contributed by atoms with Gasteiger partial charge in [0.2, 0.25) is 0 Å². The third kappa shape index (κ3) is 2.91. The van der Waals surface area contributed by atoms with Crippen LogP contribution in [0.1, 0.15) is 11.1 Å². The first-order valence-electron chi connectivity index (χ1n) is 4.17. The molecule has 0 aliphatic heterocycles. The molecule has 1 rings (SSSR count). The van der Waals surface area contributed by atoms with Crippen molar-refractivity contribution in [3.63, 3.8) is 0 Å². The Morgan fingerprint density at radius 2 is 2.20 bits per heavy atom. The molecular weight excluding hydrogens is 198 g/mol. The largest absolute Gasteiger partial charge is 0.478 e. The van der Waals surface area contributed by atoms with Gasteiger partial charge in [-0.2, -0.15) is 0 Å². The number of nitrogens with zero attached hydrogens (tertiary/aromatic N) is 1. The number of carbonyl (C=O) groups is 1. The molecule has 5 heteroatoms. The lowest BCUT2D eigenvalue weighted by Gasteiger charge is -1.99. The molecule has 0 aromatic heterocycles. The van der Waals surface area contributed by atoms with Gasteiger partial charge >= 0.3 is 5.97 Å². The van der Waals surface area contributed by atoms with Crippen molar-refractivity contribution < 1.29 is 14.8 Å². The minimum atomic E-state index is -1.05. The number of non-ortho nitro benzene ring substituents is 1. The van der Waals surface area contributed by atoms with Crippen LogP contribution in [0.5, 0.6) is 0 Å². The van der Waals surface area contributed by atoms with E-state index in [0.717, 1.165) is 6.08 Å². The van der Waals surface area contributed by atoms with Crippen LogP contribution in [0.3, 0.4) is 0 Å². The molecule has 0 radical (unpaired) electrons. The minimum Gasteiger partial charge on any atom is -0.478 e. The second-order valence-corrected chi connectivity index (χ2v) is 2.97. The monoisotopic (exact) mass is 207 g/mol. The summed E-state index contributed by atoms with van der Waals surface area (Å²) in [5.74, 6) is -1.05. The number of hydrogen-bond donors (Lipinski definition) is 1. The summed E-state index contributed by atoms with van der Waals surface area (Å²) in [6.45, 7) is 1.69. The third-order valence-corrected chi connectivity index (χ3v) is 1.87. The van der Waals surface area contributed by atoms with E-state index >= 15 is 0 Å². The van der Waals surface area contributed by atoms with Crippen LogP contribution in [0.25, 0.3) is 6.08 Å². The third-order valence-electron chi connectivity index (χ3n) is 1.87. The summed E-state index contributed by atoms with van der Waals surface area (Å²) in [5, 5.41) is 18.8. The van der Waals surface area contributed by atoms with Gasteiger partial charge in [0.05, 0.1) is 4.92 Å². The first-order chi connectivity index (χ1) is 7.00. The SMILES string of the molecule is Cc1cc([N+](=O)[O-])ccc1C=CC(=O)O. The molecule has 0 aliphatic carbocycles. The number of benzene rings is 1. The average molecular weight is 207 g/mol. The van der Waals surface area contributed by atoms with E-state index in [0.29, 0.717) is 11.1 Å². The smallest absolute Gasteiger partial charge is 0.328 e. The van der Waals surface area contributed by atoms with Gasteiger partial charge < -0.3 is 5.11 Å². The van der Waals surface area contributed by atoms with Gasteiger partial charge in [0, 0.05) is 18.2 Å². The molecule has 0 saturated carbocycles. The van der Waals surface area contributed by atoms with Gasteiger partial charge in [0.15, 0.2) is 0 Å². The van der Waals surface area contributed by atoms with Crippen molar-refractivity contribution in [3.8, 4) is 0 Å². The van der Waals surface area contributed by atoms with Gasteiger partial charge in [-0.05, 0) is 30.2 Å². The van der Waals surface area contributed by atoms with Gasteiger partial charge in [-0.15, -0.1) is 0 Å². The van der Waals surface area contributed by atoms with Crippen LogP contribution in [0.4, 0.5) is 5.69 Å². The van der Waals surface area contributed by atoms with Crippen molar-refractivity contribution >= 4 is 17.7 Å². The molecule has 15 heavy (non-hydrogen) atoms. The van der Waals surface area contributed by atoms with Crippen LogP contribution in [-0.4, -0.2) is 16.0 Å². The zero-order chi connectivity index (χ0) is 11.4. The van der Waals surface area contributed by atoms with E-state index in [4.69, 9.17) is 5.11 Å². The molecule has 0 amide bonds. The van der Waals surface area contributed by atoms with Crippen molar-refractivity contribution in [2.75, 3.05) is 0 Å². The Morgan fingerprint density at radius 1 is 1.53 bits per heavy atom. The molecule has 78 valence electrons. The maximum atomic E-state index is 10.4. The van der Waals surface area contributed by atoms with Gasteiger partial charge in [-0.25, -0.2) is 4.79 Å². The van der Waals surface area contributed by atoms with Crippen LogP contribution >= 0.6 is 0 Å². The van der Waals surface area contributed by atoms with E-state index < -0.39 is 10.9 Å². The van der Waals surface area contributed by atoms with Gasteiger partial charge in [0.1, 0.15) is 0 Å². The highest BCUT2D eigenvalue weighted by atomic mass is 16.6. The summed E-state index contributed by atoms with van der Waals surface area (Å²) in [4.78, 5) is 20.2. The normalized spacial score (nSPS) is 10.5. The lowest BCUT2D eigenvalue weighted by molar-refractivity contribution is -0.384. The molecule has 5 nitrogen and oxygen atoms in total. The first kappa shape index (κ1) is 10.9. The van der Waals surface area contributed by atoms with E-state index in [1.165, 1.54) is 24.3 Å². The minimum absolute atomic E-state index is 0.0000231. The summed E-state index contributed by atoms with van der Waals surface area (Å²) in [6, 6.07) is 4.27. The number of carboxylic acids is 1. The Balaban J connectivity index is 3.03. The maximum Gasteiger partial charge on any atom is 0.328 e. The molecule has 1 aromatic carbocycles. The number of carboxylic acid groups (broad SMARTS) is 1. The van der Waals surface area contributed by atoms with Crippen molar-refractivity contribution in [1.82, 2.24) is 0 Å². The van der Waals surface area contributed by atoms with Gasteiger partial charge in [-0.3, -0.25) is 10.1 Å². The van der Waals surface area contributed by atoms with Crippen molar-refractivity contribution in [3.05, 3.63) is 45.5 Å². The van der Waals surface area contributed by atoms with Crippen LogP contribution in [0.2, 0.25) is 0 Å². The Hall–Kier alpha value is -2.17. The van der Waals surface area contributed by atoms with Crippen molar-refractivity contribution in [1.29, 1.82) is 0 Å². The zero-order valence-corrected chi connectivity index (χ0v) is 8.01. The van der Waals surface area contributed by atoms with E-state index in [2.05, 4.69) is 0 Å². The van der Waals surface area contributed by atoms with Crippen molar-refractivity contribution in [2.24, 2.45) is 0 Å². The molecular formula is C10H9NO4. The molecule has 0 unspecified atom stereocenters. The molecule has 1 aromatic rings. The standard InChI is InChI=1S/C10H9NO4/c1-7-6-9(11(14)15)4-2-8(7)3-5-10(12)13/h2-6H,1H3,(H,12,13). The Labute approximate surface area is 85.8 Å². The van der Waals surface area contributed by atoms with Crippen molar-refractivity contribution in [2.45, 2.75) is 6.92 Å². The lowest BCUT2D eigenvalue weighted by atomic mass is 10.1. The van der Waals surface area contributed by atoms with Crippen LogP contribution in [0, 0.1) is 17.0 Å². The second kappa shape index (κ2) is 4.36. The second-order valence-electron chi connectivity index (χ2n) is 2.97. The Morgan fingerprint density at radius 3 is 2.67 bits per heavy atom. The predicted octanol–water partition coefficient (Wildman–Crippen LogP) is 2.00. The number of rotatable bonds is 3. The number of aryl methyl sites for hydroxylation is 1. The summed E-state index contributed by atoms with van der Waals surface area (Å²) >= 11 is 0. The number of nitro groups is 1. The number of nitro benzene ring substituents is 1. The summed E-state index contributed by atoms with van der Waals surface area (Å²) in [6.07, 6.45) is 2.40. The van der Waals surface area contributed by atoms with E-state index in [1.54, 1.807) is 6.92 Å².